The minimum Gasteiger partial charge on any atom is -0.750 e. The third-order valence-corrected chi connectivity index (χ3v) is 4.94. The Bertz CT molecular complexity index is 862. The van der Waals surface area contributed by atoms with Crippen molar-refractivity contribution in [2.24, 2.45) is 23.3 Å². The zero-order chi connectivity index (χ0) is 30.7. The zero-order valence-electron chi connectivity index (χ0n) is 24.6. The van der Waals surface area contributed by atoms with Crippen LogP contribution in [0.25, 0.3) is 0 Å². The van der Waals surface area contributed by atoms with Crippen LogP contribution < -0.4 is 81.2 Å². The zero-order valence-corrected chi connectivity index (χ0v) is 30.2. The molecule has 0 aliphatic rings. The van der Waals surface area contributed by atoms with Crippen LogP contribution in [0.5, 0.6) is 0 Å². The molecule has 14 nitrogen and oxygen atoms in total. The Labute approximate surface area is 293 Å². The fourth-order valence-electron chi connectivity index (χ4n) is 2.32. The van der Waals surface area contributed by atoms with Gasteiger partial charge in [-0.3, -0.25) is 27.5 Å². The predicted molar refractivity (Wildman–Crippen MR) is 147 cm³/mol. The molecule has 41 heavy (non-hydrogen) atoms. The summed E-state index contributed by atoms with van der Waals surface area (Å²) in [4.78, 5) is 43.5. The van der Waals surface area contributed by atoms with Crippen LogP contribution >= 0.6 is 0 Å². The molecule has 4 atom stereocenters. The first-order chi connectivity index (χ1) is 17.2. The molecule has 0 fully saturated rings. The van der Waals surface area contributed by atoms with Crippen LogP contribution in [-0.4, -0.2) is 65.4 Å². The van der Waals surface area contributed by atoms with Gasteiger partial charge < -0.3 is 31.2 Å². The van der Waals surface area contributed by atoms with Crippen LogP contribution in [-0.2, 0) is 50.3 Å². The minimum absolute atomic E-state index is 0. The van der Waals surface area contributed by atoms with Crippen molar-refractivity contribution in [3.8, 4) is 0 Å². The van der Waals surface area contributed by atoms with E-state index in [4.69, 9.17) is 5.73 Å². The third-order valence-electron chi connectivity index (χ3n) is 4.32. The molecule has 0 radical (unpaired) electrons. The fourth-order valence-corrected chi connectivity index (χ4v) is 3.10. The van der Waals surface area contributed by atoms with Crippen LogP contribution in [0.2, 0.25) is 0 Å². The first-order valence-electron chi connectivity index (χ1n) is 11.2. The van der Waals surface area contributed by atoms with Gasteiger partial charge in [0.2, 0.25) is 23.6 Å². The van der Waals surface area contributed by atoms with Crippen LogP contribution in [0.15, 0.2) is 25.3 Å². The number of carbonyl (C=O) groups is 4. The molecule has 4 amide bonds. The van der Waals surface area contributed by atoms with Gasteiger partial charge in [0, 0.05) is 11.8 Å². The van der Waals surface area contributed by atoms with Gasteiger partial charge in [0.05, 0.1) is 47.0 Å². The van der Waals surface area contributed by atoms with E-state index in [-0.39, 0.29) is 97.5 Å². The van der Waals surface area contributed by atoms with Gasteiger partial charge in [-0.15, -0.1) is 0 Å². The normalized spacial score (nSPS) is 13.0. The van der Waals surface area contributed by atoms with Crippen molar-refractivity contribution in [3.05, 3.63) is 25.3 Å². The summed E-state index contributed by atoms with van der Waals surface area (Å²) in [6.45, 7) is 16.2. The summed E-state index contributed by atoms with van der Waals surface area (Å²) in [6.07, 6.45) is 3.10. The van der Waals surface area contributed by atoms with E-state index >= 15 is 0 Å². The summed E-state index contributed by atoms with van der Waals surface area (Å²) in [5.74, 6) is -2.28. The number of nitrogens with one attached hydrogen (secondary N) is 2. The van der Waals surface area contributed by atoms with Crippen LogP contribution in [0.1, 0.15) is 61.8 Å². The summed E-state index contributed by atoms with van der Waals surface area (Å²) < 4.78 is 49.5. The predicted octanol–water partition coefficient (Wildman–Crippen LogP) is -5.59. The van der Waals surface area contributed by atoms with Crippen molar-refractivity contribution in [2.45, 2.75) is 72.9 Å². The fraction of sp³-hybridized carbons (Fsp3) is 0.652. The first-order valence-corrected chi connectivity index (χ1v) is 13.2. The van der Waals surface area contributed by atoms with Crippen LogP contribution in [0.3, 0.4) is 0 Å². The number of carbonyl (C=O) groups excluding carboxylic acids is 4. The quantitative estimate of drug-likeness (QED) is 0.0747. The smallest absolute Gasteiger partial charge is 0.750 e. The molecule has 0 aromatic carbocycles. The Hall–Kier alpha value is -0.500. The topological polar surface area (TPSA) is 243 Å². The Morgan fingerprint density at radius 1 is 0.902 bits per heavy atom. The number of amides is 4. The maximum atomic E-state index is 12.0. The molecule has 0 rings (SSSR count). The molecule has 0 spiro atoms. The maximum Gasteiger partial charge on any atom is 1.00 e. The van der Waals surface area contributed by atoms with Gasteiger partial charge in [0.25, 0.3) is 0 Å². The van der Waals surface area contributed by atoms with E-state index in [0.29, 0.717) is 12.8 Å². The van der Waals surface area contributed by atoms with Gasteiger partial charge >= 0.3 is 59.1 Å². The molecule has 4 unspecified atom stereocenters. The number of hydrogen-bond acceptors (Lipinski definition) is 10. The van der Waals surface area contributed by atoms with E-state index in [0.717, 1.165) is 12.2 Å². The van der Waals surface area contributed by atoms with Crippen molar-refractivity contribution < 1.29 is 104 Å². The summed E-state index contributed by atoms with van der Waals surface area (Å²) in [5.41, 5.74) is 8.23. The molecule has 0 saturated carbocycles. The second-order valence-electron chi connectivity index (χ2n) is 9.13. The molecule has 0 aliphatic heterocycles. The molecule has 0 saturated heterocycles. The Morgan fingerprint density at radius 2 is 1.27 bits per heavy atom. The average molecular weight is 647 g/mol. The SMILES string of the molecule is C.C=CC(=O)NC(C)(C)COS(=O)[O-].C=CC(N)=O.CCC(CC(C)C(=O)NC(C)(C)COS(=O)[O-])C(N)=O.[Na+].[Na+]. The monoisotopic (exact) mass is 646 g/mol. The van der Waals surface area contributed by atoms with Gasteiger partial charge in [-0.1, -0.05) is 34.4 Å². The number of hydrogen-bond donors (Lipinski definition) is 4. The van der Waals surface area contributed by atoms with Crippen molar-refractivity contribution in [1.29, 1.82) is 0 Å². The Balaban J connectivity index is -0.000000126. The van der Waals surface area contributed by atoms with Gasteiger partial charge in [-0.05, 0) is 52.7 Å². The third kappa shape index (κ3) is 35.6. The second kappa shape index (κ2) is 28.3. The van der Waals surface area contributed by atoms with E-state index in [1.165, 1.54) is 0 Å². The summed E-state index contributed by atoms with van der Waals surface area (Å²) >= 11 is -5.17. The first kappa shape index (κ1) is 53.1. The molecule has 0 heterocycles. The molecular weight excluding hydrogens is 602 g/mol. The molecule has 0 aromatic heterocycles. The van der Waals surface area contributed by atoms with Crippen molar-refractivity contribution in [2.75, 3.05) is 13.2 Å². The molecular formula is C23H44N4Na2O10S2. The standard InChI is InChI=1S/C12H24N2O5S.C7H13NO4S.C3H5NO.CH4.2Na/c1-5-9(10(13)15)6-8(2)11(16)14-12(3,4)7-19-20(17)18;1-4-6(9)8-7(2,3)5-12-13(10)11;1-2-3(4)5;;;/h8-9H,5-7H2,1-4H3,(H2,13,15)(H,14,16)(H,17,18);4H,1,5H2,2-3H3,(H,8,9)(H,10,11);2H,1H2,(H2,4,5);1H4;;/q;;;;2*+1/p-2. The van der Waals surface area contributed by atoms with E-state index < -0.39 is 51.5 Å². The van der Waals surface area contributed by atoms with Crippen molar-refractivity contribution in [1.82, 2.24) is 10.6 Å². The van der Waals surface area contributed by atoms with Crippen molar-refractivity contribution in [3.63, 3.8) is 0 Å². The minimum atomic E-state index is -2.62. The molecule has 6 N–H and O–H groups in total. The summed E-state index contributed by atoms with van der Waals surface area (Å²) in [7, 11) is 0. The molecule has 0 aromatic rings. The molecule has 18 heteroatoms. The average Bonchev–Trinajstić information content (AvgIpc) is 2.79. The maximum absolute atomic E-state index is 12.0. The van der Waals surface area contributed by atoms with E-state index in [9.17, 15) is 36.7 Å². The molecule has 0 aliphatic carbocycles. The van der Waals surface area contributed by atoms with Crippen LogP contribution in [0, 0.1) is 11.8 Å². The van der Waals surface area contributed by atoms with Gasteiger partial charge in [-0.2, -0.15) is 0 Å². The Morgan fingerprint density at radius 3 is 1.54 bits per heavy atom. The molecule has 0 bridgehead atoms. The van der Waals surface area contributed by atoms with Crippen LogP contribution in [0.4, 0.5) is 0 Å². The number of nitrogens with two attached hydrogens (primary N) is 2. The number of primary amides is 2. The van der Waals surface area contributed by atoms with E-state index in [1.807, 2.05) is 6.92 Å². The number of rotatable bonds is 15. The van der Waals surface area contributed by atoms with Gasteiger partial charge in [-0.25, -0.2) is 8.42 Å². The summed E-state index contributed by atoms with van der Waals surface area (Å²) in [5, 5.41) is 5.20. The largest absolute Gasteiger partial charge is 1.00 e. The second-order valence-corrected chi connectivity index (χ2v) is 10.4. The molecule has 230 valence electrons. The van der Waals surface area contributed by atoms with E-state index in [1.54, 1.807) is 34.6 Å². The van der Waals surface area contributed by atoms with Gasteiger partial charge in [0.15, 0.2) is 0 Å². The summed E-state index contributed by atoms with van der Waals surface area (Å²) in [6, 6.07) is 0. The Kier molecular flexibility index (Phi) is 36.6. The van der Waals surface area contributed by atoms with E-state index in [2.05, 4.69) is 37.9 Å². The van der Waals surface area contributed by atoms with Gasteiger partial charge in [0.1, 0.15) is 0 Å². The van der Waals surface area contributed by atoms with Crippen molar-refractivity contribution >= 4 is 46.4 Å².